The highest BCUT2D eigenvalue weighted by Crippen LogP contribution is 2.31. The number of nitrogens with two attached hydrogens (primary N) is 1. The smallest absolute Gasteiger partial charge is 0.251 e. The Morgan fingerprint density at radius 3 is 2.16 bits per heavy atom. The molecule has 2 aliphatic rings. The van der Waals surface area contributed by atoms with Crippen LogP contribution in [0.3, 0.4) is 0 Å². The summed E-state index contributed by atoms with van der Waals surface area (Å²) < 4.78 is 12.1. The number of allylic oxidation sites excluding steroid dienone is 1. The normalized spacial score (nSPS) is 18.0. The van der Waals surface area contributed by atoms with E-state index in [0.717, 1.165) is 36.8 Å². The molecular weight excluding hydrogens is 849 g/mol. The first-order chi connectivity index (χ1) is 31.9. The fourth-order valence-corrected chi connectivity index (χ4v) is 9.44. The van der Waals surface area contributed by atoms with Crippen LogP contribution >= 0.6 is 0 Å². The zero-order valence-corrected chi connectivity index (χ0v) is 41.6. The Labute approximate surface area is 399 Å². The van der Waals surface area contributed by atoms with Crippen molar-refractivity contribution in [1.82, 2.24) is 20.0 Å². The van der Waals surface area contributed by atoms with Gasteiger partial charge in [-0.2, -0.15) is 0 Å². The third-order valence-corrected chi connectivity index (χ3v) is 13.9. The van der Waals surface area contributed by atoms with Gasteiger partial charge in [-0.15, -0.1) is 0 Å². The van der Waals surface area contributed by atoms with Crippen molar-refractivity contribution in [2.75, 3.05) is 46.3 Å². The van der Waals surface area contributed by atoms with Gasteiger partial charge in [0.1, 0.15) is 5.78 Å². The summed E-state index contributed by atoms with van der Waals surface area (Å²) in [6, 6.07) is 15.7. The molecule has 0 aliphatic carbocycles. The number of benzene rings is 2. The van der Waals surface area contributed by atoms with Crippen LogP contribution in [0.15, 0.2) is 79.0 Å². The van der Waals surface area contributed by atoms with Gasteiger partial charge >= 0.3 is 0 Å². The first-order valence-electron chi connectivity index (χ1n) is 24.2. The van der Waals surface area contributed by atoms with Crippen molar-refractivity contribution in [3.8, 4) is 0 Å². The van der Waals surface area contributed by atoms with Gasteiger partial charge in [0.15, 0.2) is 0 Å². The van der Waals surface area contributed by atoms with Crippen molar-refractivity contribution in [2.45, 2.75) is 136 Å². The molecule has 14 heteroatoms. The molecule has 1 saturated heterocycles. The third kappa shape index (κ3) is 14.9. The number of nitrogens with one attached hydrogen (secondary N) is 1. The quantitative estimate of drug-likeness (QED) is 0.0955. The van der Waals surface area contributed by atoms with Crippen LogP contribution < -0.4 is 16.0 Å². The Hall–Kier alpha value is -5.18. The van der Waals surface area contributed by atoms with E-state index in [2.05, 4.69) is 18.8 Å². The van der Waals surface area contributed by atoms with Gasteiger partial charge in [-0.1, -0.05) is 96.5 Å². The van der Waals surface area contributed by atoms with Crippen LogP contribution in [0.1, 0.15) is 104 Å². The van der Waals surface area contributed by atoms with Crippen LogP contribution in [-0.4, -0.2) is 122 Å². The predicted molar refractivity (Wildman–Crippen MR) is 262 cm³/mol. The van der Waals surface area contributed by atoms with Gasteiger partial charge < -0.3 is 40.1 Å². The molecule has 0 spiro atoms. The van der Waals surface area contributed by atoms with Gasteiger partial charge in [-0.05, 0) is 73.3 Å². The fraction of sp³-hybridized carbons (Fsp3) is 0.585. The number of amides is 5. The highest BCUT2D eigenvalue weighted by Gasteiger charge is 2.43. The van der Waals surface area contributed by atoms with Gasteiger partial charge in [-0.25, -0.2) is 0 Å². The molecular formula is C53H78N6O8. The average molecular weight is 927 g/mol. The number of nitrogens with zero attached hydrogens (tertiary/aromatic N) is 4. The van der Waals surface area contributed by atoms with Crippen LogP contribution in [-0.2, 0) is 51.2 Å². The average Bonchev–Trinajstić information content (AvgIpc) is 3.94. The van der Waals surface area contributed by atoms with Crippen molar-refractivity contribution in [3.05, 3.63) is 90.2 Å². The van der Waals surface area contributed by atoms with Crippen molar-refractivity contribution in [1.29, 1.82) is 0 Å². The summed E-state index contributed by atoms with van der Waals surface area (Å²) in [5, 5.41) is 2.97. The van der Waals surface area contributed by atoms with Crippen molar-refractivity contribution >= 4 is 41.0 Å². The highest BCUT2D eigenvalue weighted by atomic mass is 16.5. The number of likely N-dealkylation sites (tertiary alicyclic amines) is 1. The molecule has 0 saturated carbocycles. The SMILES string of the molecule is C=C1C=CC(=O)N1CCCCCC(=O)NCc1ccc(N(C)C(=O)[C@@H](CC(=O)[C@H](C)[C@@H](OC)[C@@H]2CCCN2C(=O)C[C@@H](OC)[C@H]([C@@H](C)CC)N(C)C(=O)[C@@H](N)C(C)C)Cc2ccccc2)cc1. The summed E-state index contributed by atoms with van der Waals surface area (Å²) in [7, 11) is 6.59. The van der Waals surface area contributed by atoms with Gasteiger partial charge in [-0.3, -0.25) is 28.8 Å². The minimum absolute atomic E-state index is 0.0199. The molecule has 4 rings (SSSR count). The Kier molecular flexibility index (Phi) is 21.4. The van der Waals surface area contributed by atoms with Gasteiger partial charge in [0.2, 0.25) is 23.6 Å². The predicted octanol–water partition coefficient (Wildman–Crippen LogP) is 6.46. The number of hydrogen-bond donors (Lipinski definition) is 2. The number of unbranched alkanes of at least 4 members (excludes halogenated alkanes) is 2. The van der Waals surface area contributed by atoms with E-state index in [1.54, 1.807) is 49.1 Å². The van der Waals surface area contributed by atoms with E-state index in [0.29, 0.717) is 56.7 Å². The Morgan fingerprint density at radius 1 is 0.881 bits per heavy atom. The maximum absolute atomic E-state index is 14.4. The number of carbonyl (C=O) groups excluding carboxylic acids is 6. The molecule has 67 heavy (non-hydrogen) atoms. The monoisotopic (exact) mass is 927 g/mol. The number of hydrogen-bond acceptors (Lipinski definition) is 9. The molecule has 3 N–H and O–H groups in total. The molecule has 14 nitrogen and oxygen atoms in total. The van der Waals surface area contributed by atoms with E-state index in [1.165, 1.54) is 6.08 Å². The Morgan fingerprint density at radius 2 is 1.57 bits per heavy atom. The van der Waals surface area contributed by atoms with Gasteiger partial charge in [0.05, 0.1) is 36.8 Å². The number of anilines is 1. The first-order valence-corrected chi connectivity index (χ1v) is 24.2. The molecule has 0 radical (unpaired) electrons. The Balaban J connectivity index is 1.39. The number of methoxy groups -OCH3 is 2. The van der Waals surface area contributed by atoms with Gasteiger partial charge in [0, 0.05) is 90.1 Å². The van der Waals surface area contributed by atoms with Crippen LogP contribution in [0.2, 0.25) is 0 Å². The van der Waals surface area contributed by atoms with Crippen LogP contribution in [0.4, 0.5) is 5.69 Å². The second-order valence-corrected chi connectivity index (χ2v) is 18.9. The second-order valence-electron chi connectivity index (χ2n) is 18.9. The van der Waals surface area contributed by atoms with Crippen LogP contribution in [0, 0.1) is 23.7 Å². The van der Waals surface area contributed by atoms with Crippen LogP contribution in [0.25, 0.3) is 0 Å². The summed E-state index contributed by atoms with van der Waals surface area (Å²) in [6.45, 7) is 15.1. The molecule has 0 unspecified atom stereocenters. The number of ketones is 1. The lowest BCUT2D eigenvalue weighted by Crippen LogP contribution is -2.56. The third-order valence-electron chi connectivity index (χ3n) is 13.9. The molecule has 2 aromatic rings. The standard InChI is InChI=1S/C53H78N6O8/c1-11-36(4)50(57(8)53(65)49(54)35(2)3)45(66-9)33-48(63)59-30-18-21-43(59)51(67-10)38(6)44(60)32-41(31-39-19-14-12-15-20-39)52(64)56(7)42-26-24-40(25-27-42)34-55-46(61)22-16-13-17-29-58-37(5)23-28-47(58)62/h12,14-15,19-20,23-28,35-36,38,41,43,45,49-51H,5,11,13,16-18,21-22,29-34,54H2,1-4,6-10H3,(H,55,61)/t36-,38-,41+,43-,45+,49-,50-,51+/m0/s1. The maximum atomic E-state index is 14.4. The summed E-state index contributed by atoms with van der Waals surface area (Å²) in [4.78, 5) is 87.6. The van der Waals surface area contributed by atoms with E-state index < -0.39 is 30.1 Å². The molecule has 0 aromatic heterocycles. The van der Waals surface area contributed by atoms with Gasteiger partial charge in [0.25, 0.3) is 5.91 Å². The fourth-order valence-electron chi connectivity index (χ4n) is 9.44. The first kappa shape index (κ1) is 54.4. The van der Waals surface area contributed by atoms with E-state index >= 15 is 0 Å². The Bertz CT molecular complexity index is 1990. The van der Waals surface area contributed by atoms with E-state index in [9.17, 15) is 28.8 Å². The summed E-state index contributed by atoms with van der Waals surface area (Å²) in [5.41, 5.74) is 9.47. The number of ether oxygens (including phenoxy) is 2. The molecule has 2 aromatic carbocycles. The number of carbonyl (C=O) groups is 6. The molecule has 0 bridgehead atoms. The zero-order chi connectivity index (χ0) is 49.4. The molecule has 2 aliphatic heterocycles. The summed E-state index contributed by atoms with van der Waals surface area (Å²) in [6.07, 6.45) is 7.29. The van der Waals surface area contributed by atoms with Crippen molar-refractivity contribution < 1.29 is 38.2 Å². The summed E-state index contributed by atoms with van der Waals surface area (Å²) in [5.74, 6) is -2.07. The van der Waals surface area contributed by atoms with Crippen molar-refractivity contribution in [2.24, 2.45) is 29.4 Å². The molecule has 2 heterocycles. The minimum Gasteiger partial charge on any atom is -0.379 e. The van der Waals surface area contributed by atoms with E-state index in [1.807, 2.05) is 87.2 Å². The van der Waals surface area contributed by atoms with Crippen molar-refractivity contribution in [3.63, 3.8) is 0 Å². The number of likely N-dealkylation sites (N-methyl/N-ethyl adjacent to an activating group) is 1. The lowest BCUT2D eigenvalue weighted by atomic mass is 9.85. The van der Waals surface area contributed by atoms with E-state index in [4.69, 9.17) is 15.2 Å². The molecule has 8 atom stereocenters. The minimum atomic E-state index is -0.677. The largest absolute Gasteiger partial charge is 0.379 e. The topological polar surface area (TPSA) is 172 Å². The van der Waals surface area contributed by atoms with E-state index in [-0.39, 0.29) is 72.1 Å². The summed E-state index contributed by atoms with van der Waals surface area (Å²) >= 11 is 0. The molecule has 368 valence electrons. The molecule has 1 fully saturated rings. The lowest BCUT2D eigenvalue weighted by Gasteiger charge is -2.40. The highest BCUT2D eigenvalue weighted by molar-refractivity contribution is 5.97. The second kappa shape index (κ2) is 26.4. The van der Waals surface area contributed by atoms with Crippen LogP contribution in [0.5, 0.6) is 0 Å². The lowest BCUT2D eigenvalue weighted by molar-refractivity contribution is -0.146. The maximum Gasteiger partial charge on any atom is 0.251 e. The zero-order valence-electron chi connectivity index (χ0n) is 41.6. The number of rotatable bonds is 27. The molecule has 5 amide bonds. The number of Topliss-reactive ketones (excluding diaryl/α,β-unsaturated/α-hetero) is 1.